The summed E-state index contributed by atoms with van der Waals surface area (Å²) in [5, 5.41) is 10.9. The molecule has 0 fully saturated rings. The summed E-state index contributed by atoms with van der Waals surface area (Å²) in [6.45, 7) is 2.17. The summed E-state index contributed by atoms with van der Waals surface area (Å²) < 4.78 is 0. The second-order valence-electron chi connectivity index (χ2n) is 4.74. The molecule has 0 aliphatic rings. The van der Waals surface area contributed by atoms with E-state index in [1.165, 1.54) is 5.56 Å². The number of nitrogen functional groups attached to an aromatic ring is 1. The Labute approximate surface area is 122 Å². The first-order valence-electron chi connectivity index (χ1n) is 6.84. The average molecular weight is 283 g/mol. The number of hydrazine groups is 1. The van der Waals surface area contributed by atoms with Crippen LogP contribution in [0, 0.1) is 0 Å². The van der Waals surface area contributed by atoms with Crippen LogP contribution in [0.25, 0.3) is 11.0 Å². The number of nitrogens with two attached hydrogens (primary N) is 1. The fourth-order valence-electron chi connectivity index (χ4n) is 2.17. The zero-order chi connectivity index (χ0) is 14.7. The van der Waals surface area contributed by atoms with Gasteiger partial charge in [0.2, 0.25) is 5.95 Å². The first-order chi connectivity index (χ1) is 10.3. The van der Waals surface area contributed by atoms with Gasteiger partial charge in [0.25, 0.3) is 0 Å². The Kier molecular flexibility index (Phi) is 3.65. The molecule has 0 unspecified atom stereocenters. The lowest BCUT2D eigenvalue weighted by molar-refractivity contribution is 0.922. The largest absolute Gasteiger partial charge is 0.339 e. The molecular formula is C14H17N7. The summed E-state index contributed by atoms with van der Waals surface area (Å²) in [7, 11) is 0. The Morgan fingerprint density at radius 1 is 1.19 bits per heavy atom. The summed E-state index contributed by atoms with van der Waals surface area (Å²) in [6, 6.07) is 8.30. The van der Waals surface area contributed by atoms with Crippen LogP contribution in [0.15, 0.2) is 30.5 Å². The fraction of sp³-hybridized carbons (Fsp3) is 0.214. The molecule has 3 rings (SSSR count). The lowest BCUT2D eigenvalue weighted by atomic mass is 10.1. The minimum Gasteiger partial charge on any atom is -0.339 e. The molecule has 108 valence electrons. The van der Waals surface area contributed by atoms with Crippen LogP contribution in [0.3, 0.4) is 0 Å². The molecule has 0 bridgehead atoms. The summed E-state index contributed by atoms with van der Waals surface area (Å²) in [5.74, 6) is 6.38. The van der Waals surface area contributed by atoms with Gasteiger partial charge in [-0.15, -0.1) is 0 Å². The fourth-order valence-corrected chi connectivity index (χ4v) is 2.17. The molecule has 0 aliphatic heterocycles. The molecule has 0 atom stereocenters. The Bertz CT molecular complexity index is 733. The van der Waals surface area contributed by atoms with E-state index in [1.807, 2.05) is 12.1 Å². The minimum absolute atomic E-state index is 0.330. The summed E-state index contributed by atoms with van der Waals surface area (Å²) in [6.07, 6.45) is 3.91. The molecule has 0 saturated carbocycles. The SMILES string of the molecule is CCCc1ccc(Nc2nc(NN)nc3[nH]ncc23)cc1. The molecule has 1 aromatic carbocycles. The monoisotopic (exact) mass is 283 g/mol. The van der Waals surface area contributed by atoms with Crippen molar-refractivity contribution >= 4 is 28.5 Å². The Hall–Kier alpha value is -2.67. The van der Waals surface area contributed by atoms with Crippen molar-refractivity contribution in [2.24, 2.45) is 5.84 Å². The lowest BCUT2D eigenvalue weighted by Gasteiger charge is -2.09. The van der Waals surface area contributed by atoms with Crippen molar-refractivity contribution in [3.8, 4) is 0 Å². The molecule has 0 radical (unpaired) electrons. The van der Waals surface area contributed by atoms with Gasteiger partial charge in [-0.2, -0.15) is 15.1 Å². The van der Waals surface area contributed by atoms with Crippen LogP contribution in [0.4, 0.5) is 17.5 Å². The highest BCUT2D eigenvalue weighted by atomic mass is 15.3. The maximum absolute atomic E-state index is 5.39. The molecule has 5 N–H and O–H groups in total. The third kappa shape index (κ3) is 2.77. The Morgan fingerprint density at radius 2 is 2.00 bits per heavy atom. The van der Waals surface area contributed by atoms with Gasteiger partial charge in [-0.1, -0.05) is 25.5 Å². The quantitative estimate of drug-likeness (QED) is 0.423. The normalized spacial score (nSPS) is 10.8. The minimum atomic E-state index is 0.330. The van der Waals surface area contributed by atoms with Crippen LogP contribution in [0.2, 0.25) is 0 Å². The topological polar surface area (TPSA) is 105 Å². The number of hydrogen-bond acceptors (Lipinski definition) is 6. The molecule has 0 aliphatic carbocycles. The van der Waals surface area contributed by atoms with E-state index in [0.717, 1.165) is 23.9 Å². The molecule has 7 nitrogen and oxygen atoms in total. The number of H-pyrrole nitrogens is 1. The maximum Gasteiger partial charge on any atom is 0.241 e. The van der Waals surface area contributed by atoms with E-state index in [9.17, 15) is 0 Å². The van der Waals surface area contributed by atoms with Gasteiger partial charge in [0.15, 0.2) is 5.65 Å². The van der Waals surface area contributed by atoms with E-state index in [4.69, 9.17) is 5.84 Å². The first-order valence-corrected chi connectivity index (χ1v) is 6.84. The molecule has 7 heteroatoms. The molecule has 3 aromatic rings. The van der Waals surface area contributed by atoms with Crippen LogP contribution in [-0.2, 0) is 6.42 Å². The van der Waals surface area contributed by atoms with Gasteiger partial charge in [0.05, 0.1) is 11.6 Å². The molecule has 0 saturated heterocycles. The van der Waals surface area contributed by atoms with E-state index >= 15 is 0 Å². The predicted molar refractivity (Wildman–Crippen MR) is 83.2 cm³/mol. The van der Waals surface area contributed by atoms with Crippen LogP contribution >= 0.6 is 0 Å². The zero-order valence-electron chi connectivity index (χ0n) is 11.7. The van der Waals surface area contributed by atoms with Crippen LogP contribution in [-0.4, -0.2) is 20.2 Å². The molecule has 0 spiro atoms. The molecule has 2 aromatic heterocycles. The number of anilines is 3. The number of rotatable bonds is 5. The third-order valence-electron chi connectivity index (χ3n) is 3.19. The third-order valence-corrected chi connectivity index (χ3v) is 3.19. The number of aryl methyl sites for hydroxylation is 1. The van der Waals surface area contributed by atoms with Crippen molar-refractivity contribution in [3.05, 3.63) is 36.0 Å². The second-order valence-corrected chi connectivity index (χ2v) is 4.74. The highest BCUT2D eigenvalue weighted by Crippen LogP contribution is 2.23. The highest BCUT2D eigenvalue weighted by molar-refractivity contribution is 5.88. The zero-order valence-corrected chi connectivity index (χ0v) is 11.7. The standard InChI is InChI=1S/C14H17N7/c1-2-3-9-4-6-10(7-5-9)17-12-11-8-16-21-13(11)19-14(18-12)20-15/h4-8H,2-3,15H2,1H3,(H3,16,17,18,19,20,21). The number of benzene rings is 1. The maximum atomic E-state index is 5.39. The van der Waals surface area contributed by atoms with Gasteiger partial charge in [0, 0.05) is 5.69 Å². The predicted octanol–water partition coefficient (Wildman–Crippen LogP) is 2.33. The molecule has 0 amide bonds. The number of aromatic nitrogens is 4. The number of fused-ring (bicyclic) bond motifs is 1. The van der Waals surface area contributed by atoms with Crippen LogP contribution in [0.5, 0.6) is 0 Å². The van der Waals surface area contributed by atoms with E-state index in [0.29, 0.717) is 17.4 Å². The average Bonchev–Trinajstić information content (AvgIpc) is 2.98. The van der Waals surface area contributed by atoms with Gasteiger partial charge >= 0.3 is 0 Å². The summed E-state index contributed by atoms with van der Waals surface area (Å²) in [5.41, 5.74) is 5.36. The van der Waals surface area contributed by atoms with Gasteiger partial charge in [0.1, 0.15) is 5.82 Å². The van der Waals surface area contributed by atoms with E-state index in [2.05, 4.69) is 50.0 Å². The van der Waals surface area contributed by atoms with Crippen molar-refractivity contribution in [2.45, 2.75) is 19.8 Å². The molecule has 21 heavy (non-hydrogen) atoms. The lowest BCUT2D eigenvalue weighted by Crippen LogP contribution is -2.11. The number of aromatic amines is 1. The van der Waals surface area contributed by atoms with Gasteiger partial charge in [-0.25, -0.2) is 5.84 Å². The Balaban J connectivity index is 1.91. The number of nitrogens with zero attached hydrogens (tertiary/aromatic N) is 3. The van der Waals surface area contributed by atoms with Crippen molar-refractivity contribution in [1.82, 2.24) is 20.2 Å². The van der Waals surface area contributed by atoms with Crippen molar-refractivity contribution in [3.63, 3.8) is 0 Å². The van der Waals surface area contributed by atoms with E-state index in [1.54, 1.807) is 6.20 Å². The van der Waals surface area contributed by atoms with Gasteiger partial charge < -0.3 is 5.32 Å². The summed E-state index contributed by atoms with van der Waals surface area (Å²) in [4.78, 5) is 8.52. The van der Waals surface area contributed by atoms with E-state index < -0.39 is 0 Å². The number of hydrogen-bond donors (Lipinski definition) is 4. The number of nitrogens with one attached hydrogen (secondary N) is 3. The smallest absolute Gasteiger partial charge is 0.241 e. The Morgan fingerprint density at radius 3 is 2.71 bits per heavy atom. The van der Waals surface area contributed by atoms with E-state index in [-0.39, 0.29) is 0 Å². The van der Waals surface area contributed by atoms with Crippen molar-refractivity contribution in [1.29, 1.82) is 0 Å². The summed E-state index contributed by atoms with van der Waals surface area (Å²) >= 11 is 0. The highest BCUT2D eigenvalue weighted by Gasteiger charge is 2.09. The second kappa shape index (κ2) is 5.76. The molecular weight excluding hydrogens is 266 g/mol. The molecule has 2 heterocycles. The van der Waals surface area contributed by atoms with Gasteiger partial charge in [-0.05, 0) is 24.1 Å². The van der Waals surface area contributed by atoms with Crippen molar-refractivity contribution < 1.29 is 0 Å². The van der Waals surface area contributed by atoms with Crippen LogP contribution < -0.4 is 16.6 Å². The van der Waals surface area contributed by atoms with Gasteiger partial charge in [-0.3, -0.25) is 10.5 Å². The van der Waals surface area contributed by atoms with Crippen LogP contribution in [0.1, 0.15) is 18.9 Å². The first kappa shape index (κ1) is 13.3. The van der Waals surface area contributed by atoms with Crippen molar-refractivity contribution in [2.75, 3.05) is 10.7 Å².